The summed E-state index contributed by atoms with van der Waals surface area (Å²) >= 11 is 0. The molecule has 98 valence electrons. The highest BCUT2D eigenvalue weighted by Gasteiger charge is 2.41. The molecule has 0 N–H and O–H groups in total. The number of hydrogen-bond donors (Lipinski definition) is 0. The van der Waals surface area contributed by atoms with Crippen LogP contribution in [0.15, 0.2) is 23.1 Å². The van der Waals surface area contributed by atoms with Crippen LogP contribution in [0.1, 0.15) is 0 Å². The van der Waals surface area contributed by atoms with Gasteiger partial charge < -0.3 is 0 Å². The molecule has 0 heterocycles. The normalized spacial score (nSPS) is 14.9. The summed E-state index contributed by atoms with van der Waals surface area (Å²) in [6, 6.07) is 2.91. The fourth-order valence-corrected chi connectivity index (χ4v) is 2.37. The van der Waals surface area contributed by atoms with Gasteiger partial charge in [-0.2, -0.15) is 18.4 Å². The van der Waals surface area contributed by atoms with Crippen LogP contribution in [-0.4, -0.2) is 16.1 Å². The van der Waals surface area contributed by atoms with E-state index in [1.54, 1.807) is 0 Å². The second-order valence-electron chi connectivity index (χ2n) is 3.31. The van der Waals surface area contributed by atoms with E-state index in [0.717, 1.165) is 12.1 Å². The molecule has 0 fully saturated rings. The second kappa shape index (κ2) is 5.44. The molecular weight excluding hydrogens is 277 g/mol. The lowest BCUT2D eigenvalue weighted by atomic mass is 10.2. The van der Waals surface area contributed by atoms with Gasteiger partial charge in [0, 0.05) is 0 Å². The van der Waals surface area contributed by atoms with E-state index in [1.165, 1.54) is 0 Å². The summed E-state index contributed by atoms with van der Waals surface area (Å²) in [5, 5.41) is 8.31. The summed E-state index contributed by atoms with van der Waals surface area (Å²) in [6.07, 6.45) is -4.85. The highest BCUT2D eigenvalue weighted by molar-refractivity contribution is 7.85. The molecule has 0 saturated heterocycles. The van der Waals surface area contributed by atoms with Gasteiger partial charge in [0.25, 0.3) is 0 Å². The Morgan fingerprint density at radius 2 is 1.94 bits per heavy atom. The van der Waals surface area contributed by atoms with Crippen molar-refractivity contribution >= 4 is 10.8 Å². The van der Waals surface area contributed by atoms with Crippen molar-refractivity contribution < 1.29 is 26.2 Å². The molecule has 1 aromatic rings. The Kier molecular flexibility index (Phi) is 4.40. The van der Waals surface area contributed by atoms with Crippen LogP contribution in [-0.2, 0) is 10.8 Å². The number of hydrogen-bond acceptors (Lipinski definition) is 2. The Labute approximate surface area is 101 Å². The van der Waals surface area contributed by atoms with Gasteiger partial charge in [-0.25, -0.2) is 8.78 Å². The predicted molar refractivity (Wildman–Crippen MR) is 52.8 cm³/mol. The zero-order valence-electron chi connectivity index (χ0n) is 8.67. The molecule has 18 heavy (non-hydrogen) atoms. The van der Waals surface area contributed by atoms with E-state index < -0.39 is 45.2 Å². The lowest BCUT2D eigenvalue weighted by Crippen LogP contribution is -2.27. The monoisotopic (exact) mass is 283 g/mol. The first-order chi connectivity index (χ1) is 8.25. The first-order valence-electron chi connectivity index (χ1n) is 4.55. The molecule has 1 aromatic carbocycles. The summed E-state index contributed by atoms with van der Waals surface area (Å²) in [5.41, 5.74) is 0. The Bertz CT molecular complexity index is 508. The largest absolute Gasteiger partial charge is 0.405 e. The minimum Gasteiger partial charge on any atom is -0.254 e. The van der Waals surface area contributed by atoms with Crippen molar-refractivity contribution in [2.45, 2.75) is 11.1 Å². The van der Waals surface area contributed by atoms with Crippen LogP contribution in [0.5, 0.6) is 0 Å². The van der Waals surface area contributed by atoms with Gasteiger partial charge in [-0.05, 0) is 18.2 Å². The maximum Gasteiger partial charge on any atom is 0.405 e. The van der Waals surface area contributed by atoms with Crippen molar-refractivity contribution in [2.24, 2.45) is 5.92 Å². The second-order valence-corrected chi connectivity index (χ2v) is 4.77. The van der Waals surface area contributed by atoms with Crippen molar-refractivity contribution in [3.63, 3.8) is 0 Å². The molecule has 0 radical (unpaired) electrons. The molecule has 0 amide bonds. The maximum absolute atomic E-state index is 13.1. The fraction of sp³-hybridized carbons (Fsp3) is 0.300. The molecule has 2 atom stereocenters. The van der Waals surface area contributed by atoms with Crippen LogP contribution in [0, 0.1) is 28.9 Å². The first kappa shape index (κ1) is 14.6. The van der Waals surface area contributed by atoms with Crippen LogP contribution in [0.3, 0.4) is 0 Å². The average Bonchev–Trinajstić information content (AvgIpc) is 2.27. The van der Waals surface area contributed by atoms with Crippen LogP contribution >= 0.6 is 0 Å². The molecule has 0 bridgehead atoms. The van der Waals surface area contributed by atoms with Crippen molar-refractivity contribution in [3.05, 3.63) is 29.8 Å². The fourth-order valence-electron chi connectivity index (χ4n) is 1.10. The van der Waals surface area contributed by atoms with Gasteiger partial charge in [0.2, 0.25) is 0 Å². The highest BCUT2D eigenvalue weighted by atomic mass is 32.2. The molecule has 0 aromatic heterocycles. The molecule has 0 saturated carbocycles. The summed E-state index contributed by atoms with van der Waals surface area (Å²) in [4.78, 5) is -0.681. The number of benzene rings is 1. The van der Waals surface area contributed by atoms with Crippen LogP contribution in [0.25, 0.3) is 0 Å². The maximum atomic E-state index is 13.1. The number of halogens is 5. The van der Waals surface area contributed by atoms with Crippen molar-refractivity contribution in [2.75, 3.05) is 5.75 Å². The standard InChI is InChI=1S/C10H6F5NOS/c11-7-1-2-8(12)9(3-7)18(17)5-6(4-16)10(13,14)15/h1-3,6H,5H2. The smallest absolute Gasteiger partial charge is 0.254 e. The number of rotatable bonds is 3. The molecule has 0 aliphatic carbocycles. The lowest BCUT2D eigenvalue weighted by Gasteiger charge is -2.12. The van der Waals surface area contributed by atoms with E-state index in [0.29, 0.717) is 12.1 Å². The third-order valence-corrected chi connectivity index (χ3v) is 3.45. The predicted octanol–water partition coefficient (Wildman–Crippen LogP) is 2.77. The Hall–Kier alpha value is -1.49. The van der Waals surface area contributed by atoms with Gasteiger partial charge in [0.1, 0.15) is 11.6 Å². The number of nitrogens with zero attached hydrogens (tertiary/aromatic N) is 1. The molecule has 0 spiro atoms. The van der Waals surface area contributed by atoms with Gasteiger partial charge in [0.05, 0.1) is 27.5 Å². The summed E-state index contributed by atoms with van der Waals surface area (Å²) < 4.78 is 74.2. The molecule has 0 aliphatic heterocycles. The van der Waals surface area contributed by atoms with E-state index in [1.807, 2.05) is 0 Å². The third-order valence-electron chi connectivity index (χ3n) is 2.01. The van der Waals surface area contributed by atoms with Gasteiger partial charge in [-0.15, -0.1) is 0 Å². The molecular formula is C10H6F5NOS. The van der Waals surface area contributed by atoms with Gasteiger partial charge in [0.15, 0.2) is 5.92 Å². The Balaban J connectivity index is 2.96. The third kappa shape index (κ3) is 3.50. The quantitative estimate of drug-likeness (QED) is 0.800. The highest BCUT2D eigenvalue weighted by Crippen LogP contribution is 2.28. The summed E-state index contributed by atoms with van der Waals surface area (Å²) in [6.45, 7) is 0. The Morgan fingerprint density at radius 1 is 1.33 bits per heavy atom. The zero-order chi connectivity index (χ0) is 13.9. The van der Waals surface area contributed by atoms with Crippen molar-refractivity contribution in [1.82, 2.24) is 0 Å². The molecule has 2 unspecified atom stereocenters. The van der Waals surface area contributed by atoms with Crippen molar-refractivity contribution in [3.8, 4) is 6.07 Å². The SMILES string of the molecule is N#CC(CS(=O)c1cc(F)ccc1F)C(F)(F)F. The van der Waals surface area contributed by atoms with Crippen molar-refractivity contribution in [1.29, 1.82) is 5.26 Å². The minimum atomic E-state index is -4.85. The number of nitriles is 1. The van der Waals surface area contributed by atoms with E-state index in [2.05, 4.69) is 0 Å². The number of alkyl halides is 3. The lowest BCUT2D eigenvalue weighted by molar-refractivity contribution is -0.153. The van der Waals surface area contributed by atoms with Gasteiger partial charge in [-0.3, -0.25) is 4.21 Å². The molecule has 1 rings (SSSR count). The van der Waals surface area contributed by atoms with E-state index in [-0.39, 0.29) is 0 Å². The average molecular weight is 283 g/mol. The minimum absolute atomic E-state index is 0.552. The summed E-state index contributed by atoms with van der Waals surface area (Å²) in [5.74, 6) is -5.60. The molecule has 8 heteroatoms. The molecule has 2 nitrogen and oxygen atoms in total. The first-order valence-corrected chi connectivity index (χ1v) is 5.87. The van der Waals surface area contributed by atoms with E-state index in [9.17, 15) is 26.2 Å². The van der Waals surface area contributed by atoms with Gasteiger partial charge >= 0.3 is 6.18 Å². The van der Waals surface area contributed by atoms with E-state index >= 15 is 0 Å². The summed E-state index contributed by atoms with van der Waals surface area (Å²) in [7, 11) is -2.44. The van der Waals surface area contributed by atoms with Crippen LogP contribution in [0.2, 0.25) is 0 Å². The topological polar surface area (TPSA) is 40.9 Å². The van der Waals surface area contributed by atoms with Crippen LogP contribution in [0.4, 0.5) is 22.0 Å². The Morgan fingerprint density at radius 3 is 2.44 bits per heavy atom. The molecule has 0 aliphatic rings. The zero-order valence-corrected chi connectivity index (χ0v) is 9.49. The van der Waals surface area contributed by atoms with Crippen LogP contribution < -0.4 is 0 Å². The van der Waals surface area contributed by atoms with E-state index in [4.69, 9.17) is 5.26 Å². The van der Waals surface area contributed by atoms with Gasteiger partial charge in [-0.1, -0.05) is 0 Å².